The van der Waals surface area contributed by atoms with E-state index in [0.717, 1.165) is 0 Å². The fraction of sp³-hybridized carbons (Fsp3) is 0.125. The summed E-state index contributed by atoms with van der Waals surface area (Å²) in [6.07, 6.45) is 0. The van der Waals surface area contributed by atoms with Crippen molar-refractivity contribution in [3.05, 3.63) is 63.7 Å². The smallest absolute Gasteiger partial charge is 0.343 e. The third-order valence-corrected chi connectivity index (χ3v) is 3.24. The third kappa shape index (κ3) is 3.41. The van der Waals surface area contributed by atoms with Crippen LogP contribution in [0.25, 0.3) is 0 Å². The zero-order chi connectivity index (χ0) is 15.6. The lowest BCUT2D eigenvalue weighted by molar-refractivity contribution is 0.0732. The molecule has 2 aromatic rings. The predicted molar refractivity (Wildman–Crippen MR) is 80.8 cm³/mol. The Hall–Kier alpha value is -2.33. The van der Waals surface area contributed by atoms with Crippen molar-refractivity contribution in [3.63, 3.8) is 0 Å². The Labute approximate surface area is 127 Å². The molecule has 0 heterocycles. The second-order valence-electron chi connectivity index (χ2n) is 4.70. The molecule has 21 heavy (non-hydrogen) atoms. The first-order valence-electron chi connectivity index (χ1n) is 6.27. The zero-order valence-electron chi connectivity index (χ0n) is 11.6. The first kappa shape index (κ1) is 15.1. The summed E-state index contributed by atoms with van der Waals surface area (Å²) in [5.74, 6) is -0.602. The second kappa shape index (κ2) is 5.97. The van der Waals surface area contributed by atoms with E-state index in [1.807, 2.05) is 0 Å². The molecule has 2 rings (SSSR count). The summed E-state index contributed by atoms with van der Waals surface area (Å²) in [6.45, 7) is 3.50. The van der Waals surface area contributed by atoms with Crippen LogP contribution in [-0.2, 0) is 0 Å². The number of aryl methyl sites for hydroxylation is 2. The van der Waals surface area contributed by atoms with Crippen molar-refractivity contribution in [2.24, 2.45) is 5.73 Å². The molecule has 108 valence electrons. The minimum absolute atomic E-state index is 0.361. The summed E-state index contributed by atoms with van der Waals surface area (Å²) in [5, 5.41) is 0.460. The molecule has 2 N–H and O–H groups in total. The van der Waals surface area contributed by atoms with Crippen LogP contribution < -0.4 is 10.5 Å². The van der Waals surface area contributed by atoms with E-state index >= 15 is 0 Å². The fourth-order valence-electron chi connectivity index (χ4n) is 2.02. The number of hydrogen-bond acceptors (Lipinski definition) is 3. The minimum Gasteiger partial charge on any atom is -0.422 e. The van der Waals surface area contributed by atoms with E-state index in [0.29, 0.717) is 33.0 Å². The molecule has 0 unspecified atom stereocenters. The van der Waals surface area contributed by atoms with E-state index in [9.17, 15) is 9.59 Å². The minimum atomic E-state index is -0.520. The van der Waals surface area contributed by atoms with Gasteiger partial charge >= 0.3 is 5.97 Å². The number of rotatable bonds is 3. The van der Waals surface area contributed by atoms with Gasteiger partial charge in [0.25, 0.3) is 0 Å². The topological polar surface area (TPSA) is 69.4 Å². The quantitative estimate of drug-likeness (QED) is 0.699. The molecule has 0 spiro atoms. The molecular weight excluding hydrogens is 290 g/mol. The number of ether oxygens (including phenoxy) is 1. The molecular formula is C16H14ClNO3. The highest BCUT2D eigenvalue weighted by molar-refractivity contribution is 6.30. The van der Waals surface area contributed by atoms with Gasteiger partial charge in [0.15, 0.2) is 0 Å². The Morgan fingerprint density at radius 3 is 2.19 bits per heavy atom. The van der Waals surface area contributed by atoms with Crippen molar-refractivity contribution in [2.75, 3.05) is 0 Å². The molecule has 2 aromatic carbocycles. The second-order valence-corrected chi connectivity index (χ2v) is 5.14. The molecule has 0 fully saturated rings. The van der Waals surface area contributed by atoms with Crippen LogP contribution in [-0.4, -0.2) is 11.9 Å². The fourth-order valence-corrected chi connectivity index (χ4v) is 2.21. The van der Waals surface area contributed by atoms with Gasteiger partial charge in [-0.3, -0.25) is 4.79 Å². The first-order chi connectivity index (χ1) is 9.88. The number of primary amides is 1. The molecule has 4 nitrogen and oxygen atoms in total. The van der Waals surface area contributed by atoms with Crippen molar-refractivity contribution < 1.29 is 14.3 Å². The number of halogens is 1. The van der Waals surface area contributed by atoms with E-state index in [2.05, 4.69) is 0 Å². The van der Waals surface area contributed by atoms with Gasteiger partial charge in [0.1, 0.15) is 5.75 Å². The number of benzene rings is 2. The van der Waals surface area contributed by atoms with Crippen LogP contribution in [0.5, 0.6) is 5.75 Å². The Bertz CT molecular complexity index is 702. The maximum atomic E-state index is 12.1. The number of nitrogens with two attached hydrogens (primary N) is 1. The van der Waals surface area contributed by atoms with Gasteiger partial charge < -0.3 is 10.5 Å². The molecule has 1 amide bonds. The summed E-state index contributed by atoms with van der Waals surface area (Å²) in [5.41, 5.74) is 7.32. The number of amides is 1. The summed E-state index contributed by atoms with van der Waals surface area (Å²) < 4.78 is 5.40. The van der Waals surface area contributed by atoms with E-state index < -0.39 is 11.9 Å². The lowest BCUT2D eigenvalue weighted by atomic mass is 10.1. The van der Waals surface area contributed by atoms with Gasteiger partial charge in [0.2, 0.25) is 5.91 Å². The molecule has 0 aliphatic rings. The highest BCUT2D eigenvalue weighted by Crippen LogP contribution is 2.26. The van der Waals surface area contributed by atoms with E-state index in [1.54, 1.807) is 44.2 Å². The van der Waals surface area contributed by atoms with Gasteiger partial charge in [-0.1, -0.05) is 17.7 Å². The molecule has 0 radical (unpaired) electrons. The van der Waals surface area contributed by atoms with E-state index in [-0.39, 0.29) is 0 Å². The van der Waals surface area contributed by atoms with Gasteiger partial charge in [-0.25, -0.2) is 4.79 Å². The molecule has 0 aliphatic heterocycles. The average Bonchev–Trinajstić information content (AvgIpc) is 2.42. The maximum absolute atomic E-state index is 12.1. The summed E-state index contributed by atoms with van der Waals surface area (Å²) in [6, 6.07) is 9.69. The van der Waals surface area contributed by atoms with Crippen molar-refractivity contribution in [1.82, 2.24) is 0 Å². The molecule has 0 atom stereocenters. The van der Waals surface area contributed by atoms with Crippen LogP contribution >= 0.6 is 11.6 Å². The van der Waals surface area contributed by atoms with Crippen molar-refractivity contribution in [2.45, 2.75) is 13.8 Å². The van der Waals surface area contributed by atoms with Gasteiger partial charge in [-0.2, -0.15) is 0 Å². The highest BCUT2D eigenvalue weighted by atomic mass is 35.5. The predicted octanol–water partition coefficient (Wildman–Crippen LogP) is 3.27. The largest absolute Gasteiger partial charge is 0.422 e. The molecule has 5 heteroatoms. The van der Waals surface area contributed by atoms with Crippen molar-refractivity contribution >= 4 is 23.5 Å². The molecule has 0 aromatic heterocycles. The SMILES string of the molecule is Cc1cc(C(N)=O)cc(C)c1OC(=O)c1cccc(Cl)c1. The molecule has 0 aliphatic carbocycles. The first-order valence-corrected chi connectivity index (χ1v) is 6.65. The van der Waals surface area contributed by atoms with E-state index in [4.69, 9.17) is 22.1 Å². The van der Waals surface area contributed by atoms with Crippen LogP contribution in [0.2, 0.25) is 5.02 Å². The van der Waals surface area contributed by atoms with Crippen molar-refractivity contribution in [3.8, 4) is 5.75 Å². The molecule has 0 bridgehead atoms. The number of carbonyl (C=O) groups is 2. The standard InChI is InChI=1S/C16H14ClNO3/c1-9-6-12(15(18)19)7-10(2)14(9)21-16(20)11-4-3-5-13(17)8-11/h3-8H,1-2H3,(H2,18,19). The summed E-state index contributed by atoms with van der Waals surface area (Å²) in [7, 11) is 0. The monoisotopic (exact) mass is 303 g/mol. The van der Waals surface area contributed by atoms with Crippen LogP contribution in [0.3, 0.4) is 0 Å². The Morgan fingerprint density at radius 1 is 1.05 bits per heavy atom. The third-order valence-electron chi connectivity index (χ3n) is 3.00. The Balaban J connectivity index is 2.32. The zero-order valence-corrected chi connectivity index (χ0v) is 12.4. The van der Waals surface area contributed by atoms with Crippen LogP contribution in [0, 0.1) is 13.8 Å². The molecule has 0 saturated carbocycles. The Morgan fingerprint density at radius 2 is 1.67 bits per heavy atom. The van der Waals surface area contributed by atoms with Crippen LogP contribution in [0.4, 0.5) is 0 Å². The van der Waals surface area contributed by atoms with Gasteiger partial charge in [0, 0.05) is 10.6 Å². The van der Waals surface area contributed by atoms with Gasteiger partial charge in [0.05, 0.1) is 5.56 Å². The van der Waals surface area contributed by atoms with Gasteiger partial charge in [-0.15, -0.1) is 0 Å². The van der Waals surface area contributed by atoms with Crippen LogP contribution in [0.1, 0.15) is 31.8 Å². The maximum Gasteiger partial charge on any atom is 0.343 e. The average molecular weight is 304 g/mol. The number of carbonyl (C=O) groups excluding carboxylic acids is 2. The summed E-state index contributed by atoms with van der Waals surface area (Å²) in [4.78, 5) is 23.3. The normalized spacial score (nSPS) is 10.2. The number of esters is 1. The Kier molecular flexibility index (Phi) is 4.29. The van der Waals surface area contributed by atoms with Crippen molar-refractivity contribution in [1.29, 1.82) is 0 Å². The highest BCUT2D eigenvalue weighted by Gasteiger charge is 2.14. The molecule has 0 saturated heterocycles. The van der Waals surface area contributed by atoms with Gasteiger partial charge in [-0.05, 0) is 55.3 Å². The summed E-state index contributed by atoms with van der Waals surface area (Å²) >= 11 is 5.85. The van der Waals surface area contributed by atoms with Crippen LogP contribution in [0.15, 0.2) is 36.4 Å². The lowest BCUT2D eigenvalue weighted by Crippen LogP contribution is -2.14. The lowest BCUT2D eigenvalue weighted by Gasteiger charge is -2.12. The number of hydrogen-bond donors (Lipinski definition) is 1. The van der Waals surface area contributed by atoms with E-state index in [1.165, 1.54) is 6.07 Å².